The van der Waals surface area contributed by atoms with Crippen molar-refractivity contribution in [2.75, 3.05) is 23.9 Å². The molecule has 1 amide bonds. The third-order valence-electron chi connectivity index (χ3n) is 4.78. The Bertz CT molecular complexity index is 947. The van der Waals surface area contributed by atoms with Crippen molar-refractivity contribution in [3.63, 3.8) is 0 Å². The van der Waals surface area contributed by atoms with Gasteiger partial charge in [0, 0.05) is 18.8 Å². The van der Waals surface area contributed by atoms with Gasteiger partial charge >= 0.3 is 0 Å². The summed E-state index contributed by atoms with van der Waals surface area (Å²) in [5, 5.41) is 3.68. The van der Waals surface area contributed by atoms with Gasteiger partial charge in [-0.15, -0.1) is 0 Å². The summed E-state index contributed by atoms with van der Waals surface area (Å²) in [6.07, 6.45) is 0.491. The summed E-state index contributed by atoms with van der Waals surface area (Å²) in [7, 11) is -1.37. The maximum absolute atomic E-state index is 12.6. The zero-order valence-electron chi connectivity index (χ0n) is 15.8. The Hall–Kier alpha value is -2.25. The third kappa shape index (κ3) is 4.97. The molecule has 2 aromatic carbocycles. The van der Waals surface area contributed by atoms with E-state index in [2.05, 4.69) is 5.32 Å². The van der Waals surface area contributed by atoms with Crippen molar-refractivity contribution in [1.29, 1.82) is 0 Å². The number of ether oxygens (including phenoxy) is 1. The molecular formula is C20H23ClN2O4S. The molecule has 0 spiro atoms. The lowest BCUT2D eigenvalue weighted by Gasteiger charge is -2.27. The number of sulfone groups is 1. The molecule has 0 saturated carbocycles. The van der Waals surface area contributed by atoms with Crippen molar-refractivity contribution in [2.24, 2.45) is 0 Å². The van der Waals surface area contributed by atoms with Crippen LogP contribution >= 0.6 is 11.6 Å². The van der Waals surface area contributed by atoms with Gasteiger partial charge in [-0.2, -0.15) is 0 Å². The van der Waals surface area contributed by atoms with Gasteiger partial charge in [0.2, 0.25) is 5.91 Å². The Kier molecular flexibility index (Phi) is 6.15. The number of nitrogens with zero attached hydrogens (tertiary/aromatic N) is 1. The van der Waals surface area contributed by atoms with Gasteiger partial charge in [-0.3, -0.25) is 4.79 Å². The highest BCUT2D eigenvalue weighted by molar-refractivity contribution is 7.91. The minimum atomic E-state index is -3.03. The summed E-state index contributed by atoms with van der Waals surface area (Å²) in [5.41, 5.74) is 0.764. The smallest absolute Gasteiger partial charge is 0.244 e. The Labute approximate surface area is 170 Å². The summed E-state index contributed by atoms with van der Waals surface area (Å²) in [5.74, 6) is 1.24. The zero-order chi connectivity index (χ0) is 20.3. The first kappa shape index (κ1) is 20.5. The lowest BCUT2D eigenvalue weighted by atomic mass is 10.2. The van der Waals surface area contributed by atoms with Crippen molar-refractivity contribution in [1.82, 2.24) is 4.90 Å². The van der Waals surface area contributed by atoms with E-state index in [1.165, 1.54) is 4.90 Å². The maximum Gasteiger partial charge on any atom is 0.244 e. The van der Waals surface area contributed by atoms with E-state index in [0.717, 1.165) is 5.69 Å². The van der Waals surface area contributed by atoms with Crippen molar-refractivity contribution in [2.45, 2.75) is 25.4 Å². The van der Waals surface area contributed by atoms with Crippen LogP contribution in [0, 0.1) is 0 Å². The fourth-order valence-electron chi connectivity index (χ4n) is 3.15. The van der Waals surface area contributed by atoms with Crippen molar-refractivity contribution in [3.8, 4) is 11.5 Å². The van der Waals surface area contributed by atoms with Crippen LogP contribution in [-0.4, -0.2) is 49.9 Å². The first-order chi connectivity index (χ1) is 13.2. The molecule has 1 aliphatic heterocycles. The molecule has 0 bridgehead atoms. The first-order valence-electron chi connectivity index (χ1n) is 9.01. The topological polar surface area (TPSA) is 75.7 Å². The second-order valence-electron chi connectivity index (χ2n) is 6.93. The number of carbonyl (C=O) groups excluding carboxylic acids is 1. The van der Waals surface area contributed by atoms with Crippen LogP contribution in [0.2, 0.25) is 5.02 Å². The Morgan fingerprint density at radius 1 is 1.21 bits per heavy atom. The van der Waals surface area contributed by atoms with Crippen LogP contribution in [0.3, 0.4) is 0 Å². The number of amides is 1. The number of para-hydroxylation sites is 1. The van der Waals surface area contributed by atoms with Gasteiger partial charge in [0.15, 0.2) is 9.84 Å². The predicted octanol–water partition coefficient (Wildman–Crippen LogP) is 3.58. The molecule has 0 aromatic heterocycles. The molecule has 2 unspecified atom stereocenters. The molecule has 1 saturated heterocycles. The van der Waals surface area contributed by atoms with Gasteiger partial charge in [0.1, 0.15) is 17.5 Å². The minimum Gasteiger partial charge on any atom is -0.456 e. The van der Waals surface area contributed by atoms with E-state index in [0.29, 0.717) is 22.9 Å². The fraction of sp³-hybridized carbons (Fsp3) is 0.350. The van der Waals surface area contributed by atoms with Crippen LogP contribution in [0.4, 0.5) is 5.69 Å². The number of hydrogen-bond donors (Lipinski definition) is 1. The molecule has 3 rings (SSSR count). The van der Waals surface area contributed by atoms with Crippen LogP contribution in [0.15, 0.2) is 48.5 Å². The Morgan fingerprint density at radius 3 is 2.50 bits per heavy atom. The van der Waals surface area contributed by atoms with Crippen LogP contribution in [-0.2, 0) is 14.6 Å². The number of anilines is 1. The van der Waals surface area contributed by atoms with Crippen molar-refractivity contribution < 1.29 is 17.9 Å². The minimum absolute atomic E-state index is 0.0377. The highest BCUT2D eigenvalue weighted by Crippen LogP contribution is 2.29. The van der Waals surface area contributed by atoms with Crippen molar-refractivity contribution in [3.05, 3.63) is 53.6 Å². The van der Waals surface area contributed by atoms with E-state index in [-0.39, 0.29) is 23.5 Å². The fourth-order valence-corrected chi connectivity index (χ4v) is 5.10. The largest absolute Gasteiger partial charge is 0.456 e. The maximum atomic E-state index is 12.6. The summed E-state index contributed by atoms with van der Waals surface area (Å²) in [6.45, 7) is 1.76. The molecule has 6 nitrogen and oxygen atoms in total. The first-order valence-corrected chi connectivity index (χ1v) is 11.2. The second-order valence-corrected chi connectivity index (χ2v) is 9.56. The molecule has 0 radical (unpaired) electrons. The SMILES string of the molecule is CC(Nc1ccc(Oc2ccccc2Cl)cc1)C(=O)N(C)C1CCS(=O)(=O)C1. The second kappa shape index (κ2) is 8.41. The lowest BCUT2D eigenvalue weighted by molar-refractivity contribution is -0.132. The molecular weight excluding hydrogens is 400 g/mol. The van der Waals surface area contributed by atoms with Gasteiger partial charge in [-0.1, -0.05) is 23.7 Å². The quantitative estimate of drug-likeness (QED) is 0.770. The van der Waals surface area contributed by atoms with E-state index in [1.54, 1.807) is 38.2 Å². The average molecular weight is 423 g/mol. The predicted molar refractivity (Wildman–Crippen MR) is 111 cm³/mol. The summed E-state index contributed by atoms with van der Waals surface area (Å²) in [4.78, 5) is 14.2. The van der Waals surface area contributed by atoms with E-state index < -0.39 is 15.9 Å². The average Bonchev–Trinajstić information content (AvgIpc) is 3.03. The summed E-state index contributed by atoms with van der Waals surface area (Å²) >= 11 is 6.09. The molecule has 1 aliphatic rings. The monoisotopic (exact) mass is 422 g/mol. The van der Waals surface area contributed by atoms with Crippen LogP contribution < -0.4 is 10.1 Å². The molecule has 0 aliphatic carbocycles. The van der Waals surface area contributed by atoms with Crippen molar-refractivity contribution >= 4 is 33.0 Å². The zero-order valence-corrected chi connectivity index (χ0v) is 17.3. The highest BCUT2D eigenvalue weighted by Gasteiger charge is 2.34. The Morgan fingerprint density at radius 2 is 1.89 bits per heavy atom. The molecule has 1 fully saturated rings. The lowest BCUT2D eigenvalue weighted by Crippen LogP contribution is -2.45. The highest BCUT2D eigenvalue weighted by atomic mass is 35.5. The van der Waals surface area contributed by atoms with Gasteiger partial charge in [0.25, 0.3) is 0 Å². The van der Waals surface area contributed by atoms with E-state index in [1.807, 2.05) is 24.3 Å². The van der Waals surface area contributed by atoms with Gasteiger partial charge in [-0.05, 0) is 49.7 Å². The molecule has 8 heteroatoms. The molecule has 1 heterocycles. The number of nitrogens with one attached hydrogen (secondary N) is 1. The number of halogens is 1. The summed E-state index contributed by atoms with van der Waals surface area (Å²) < 4.78 is 29.0. The van der Waals surface area contributed by atoms with Gasteiger partial charge in [-0.25, -0.2) is 8.42 Å². The molecule has 1 N–H and O–H groups in total. The molecule has 2 atom stereocenters. The molecule has 2 aromatic rings. The molecule has 150 valence electrons. The van der Waals surface area contributed by atoms with Crippen LogP contribution in [0.5, 0.6) is 11.5 Å². The van der Waals surface area contributed by atoms with E-state index in [9.17, 15) is 13.2 Å². The normalized spacial score (nSPS) is 19.0. The van der Waals surface area contributed by atoms with E-state index >= 15 is 0 Å². The third-order valence-corrected chi connectivity index (χ3v) is 6.84. The van der Waals surface area contributed by atoms with Crippen LogP contribution in [0.1, 0.15) is 13.3 Å². The van der Waals surface area contributed by atoms with Gasteiger partial charge in [0.05, 0.1) is 16.5 Å². The van der Waals surface area contributed by atoms with E-state index in [4.69, 9.17) is 16.3 Å². The standard InChI is InChI=1S/C20H23ClN2O4S/c1-14(20(24)23(2)16-11-12-28(25,26)13-16)22-15-7-9-17(10-8-15)27-19-6-4-3-5-18(19)21/h3-10,14,16,22H,11-13H2,1-2H3. The summed E-state index contributed by atoms with van der Waals surface area (Å²) in [6, 6.07) is 13.7. The number of hydrogen-bond acceptors (Lipinski definition) is 5. The number of benzene rings is 2. The van der Waals surface area contributed by atoms with Crippen LogP contribution in [0.25, 0.3) is 0 Å². The molecule has 28 heavy (non-hydrogen) atoms. The Balaban J connectivity index is 1.59. The number of rotatable bonds is 6. The number of carbonyl (C=O) groups is 1. The van der Waals surface area contributed by atoms with Gasteiger partial charge < -0.3 is 15.0 Å². The number of likely N-dealkylation sites (N-methyl/N-ethyl adjacent to an activating group) is 1.